The van der Waals surface area contributed by atoms with E-state index in [1.165, 1.54) is 19.1 Å². The molecule has 20 heavy (non-hydrogen) atoms. The number of aromatic amines is 1. The van der Waals surface area contributed by atoms with Gasteiger partial charge in [-0.2, -0.15) is 0 Å². The average molecular weight is 334 g/mol. The van der Waals surface area contributed by atoms with Crippen molar-refractivity contribution < 1.29 is 4.79 Å². The minimum absolute atomic E-state index is 0.0513. The van der Waals surface area contributed by atoms with Crippen molar-refractivity contribution in [2.75, 3.05) is 0 Å². The first-order valence-corrected chi connectivity index (χ1v) is 6.47. The molecule has 1 heterocycles. The van der Waals surface area contributed by atoms with Crippen LogP contribution in [0.5, 0.6) is 0 Å². The lowest BCUT2D eigenvalue weighted by atomic mass is 10.2. The number of nitrogens with one attached hydrogen (secondary N) is 1. The number of ketones is 1. The Kier molecular flexibility index (Phi) is 4.04. The third-order valence-corrected chi connectivity index (χ3v) is 3.61. The van der Waals surface area contributed by atoms with E-state index >= 15 is 0 Å². The Morgan fingerprint density at radius 2 is 1.70 bits per heavy atom. The van der Waals surface area contributed by atoms with Crippen molar-refractivity contribution in [3.05, 3.63) is 59.8 Å². The molecule has 5 nitrogen and oxygen atoms in total. The lowest BCUT2D eigenvalue weighted by molar-refractivity contribution is 0.101. The molecule has 0 amide bonds. The number of rotatable bonds is 2. The van der Waals surface area contributed by atoms with Gasteiger partial charge in [0, 0.05) is 6.20 Å². The van der Waals surface area contributed by atoms with Crippen molar-refractivity contribution in [3.63, 3.8) is 0 Å². The van der Waals surface area contributed by atoms with E-state index in [9.17, 15) is 14.4 Å². The van der Waals surface area contributed by atoms with E-state index in [1.54, 1.807) is 0 Å². The minimum atomic E-state index is -0.776. The molecule has 1 aromatic heterocycles. The Morgan fingerprint density at radius 3 is 2.30 bits per heavy atom. The van der Waals surface area contributed by atoms with Gasteiger partial charge in [0.05, 0.1) is 26.3 Å². The highest BCUT2D eigenvalue weighted by molar-refractivity contribution is 6.43. The van der Waals surface area contributed by atoms with E-state index in [4.69, 9.17) is 34.8 Å². The van der Waals surface area contributed by atoms with E-state index in [0.29, 0.717) is 0 Å². The maximum atomic E-state index is 12.2. The Hall–Kier alpha value is -1.56. The van der Waals surface area contributed by atoms with Gasteiger partial charge in [-0.25, -0.2) is 9.36 Å². The van der Waals surface area contributed by atoms with Gasteiger partial charge in [0.1, 0.15) is 0 Å². The number of carbonyl (C=O) groups excluding carboxylic acids is 1. The van der Waals surface area contributed by atoms with Gasteiger partial charge in [-0.05, 0) is 19.1 Å². The molecule has 0 saturated heterocycles. The van der Waals surface area contributed by atoms with Crippen LogP contribution in [-0.2, 0) is 0 Å². The van der Waals surface area contributed by atoms with Crippen molar-refractivity contribution in [2.45, 2.75) is 6.92 Å². The monoisotopic (exact) mass is 332 g/mol. The number of Topliss-reactive ketones (excluding diaryl/α,β-unsaturated/α-hetero) is 1. The Morgan fingerprint density at radius 1 is 1.10 bits per heavy atom. The zero-order valence-electron chi connectivity index (χ0n) is 10.0. The standard InChI is InChI=1S/C12H7Cl3N2O3/c1-5(18)6-4-16-12(20)17(11(6)19)10-3-8(14)7(13)2-9(10)15/h2-4H,1H3,(H,16,20). The molecule has 0 aliphatic carbocycles. The lowest BCUT2D eigenvalue weighted by Gasteiger charge is -2.09. The maximum Gasteiger partial charge on any atom is 0.333 e. The second-order valence-corrected chi connectivity index (χ2v) is 5.14. The van der Waals surface area contributed by atoms with Crippen LogP contribution in [0.15, 0.2) is 27.9 Å². The second kappa shape index (κ2) is 5.44. The quantitative estimate of drug-likeness (QED) is 0.678. The van der Waals surface area contributed by atoms with Gasteiger partial charge < -0.3 is 4.98 Å². The summed E-state index contributed by atoms with van der Waals surface area (Å²) in [5.41, 5.74) is -1.62. The number of hydrogen-bond donors (Lipinski definition) is 1. The van der Waals surface area contributed by atoms with E-state index in [-0.39, 0.29) is 26.3 Å². The topological polar surface area (TPSA) is 71.9 Å². The molecular formula is C12H7Cl3N2O3. The summed E-state index contributed by atoms with van der Waals surface area (Å²) in [6, 6.07) is 2.60. The molecule has 2 rings (SSSR count). The Labute approximate surface area is 127 Å². The van der Waals surface area contributed by atoms with Gasteiger partial charge in [-0.15, -0.1) is 0 Å². The SMILES string of the molecule is CC(=O)c1c[nH]c(=O)n(-c2cc(Cl)c(Cl)cc2Cl)c1=O. The van der Waals surface area contributed by atoms with Gasteiger partial charge in [0.2, 0.25) is 0 Å². The predicted molar refractivity (Wildman–Crippen MR) is 77.7 cm³/mol. The molecule has 0 bridgehead atoms. The molecule has 0 aliphatic rings. The fourth-order valence-corrected chi connectivity index (χ4v) is 2.25. The van der Waals surface area contributed by atoms with Crippen LogP contribution in [0, 0.1) is 0 Å². The first-order valence-electron chi connectivity index (χ1n) is 5.33. The fraction of sp³-hybridized carbons (Fsp3) is 0.0833. The summed E-state index contributed by atoms with van der Waals surface area (Å²) in [6.07, 6.45) is 1.06. The molecule has 0 fully saturated rings. The van der Waals surface area contributed by atoms with Crippen molar-refractivity contribution >= 4 is 40.6 Å². The zero-order valence-corrected chi connectivity index (χ0v) is 12.3. The summed E-state index contributed by atoms with van der Waals surface area (Å²) in [4.78, 5) is 37.6. The minimum Gasteiger partial charge on any atom is -0.313 e. The Bertz CT molecular complexity index is 824. The highest BCUT2D eigenvalue weighted by atomic mass is 35.5. The van der Waals surface area contributed by atoms with Gasteiger partial charge >= 0.3 is 5.69 Å². The molecule has 2 aromatic rings. The summed E-state index contributed by atoms with van der Waals surface area (Å²) in [5.74, 6) is -0.476. The summed E-state index contributed by atoms with van der Waals surface area (Å²) < 4.78 is 0.737. The second-order valence-electron chi connectivity index (χ2n) is 3.92. The molecule has 1 N–H and O–H groups in total. The molecule has 0 spiro atoms. The number of carbonyl (C=O) groups is 1. The zero-order chi connectivity index (χ0) is 15.0. The van der Waals surface area contributed by atoms with Crippen LogP contribution in [-0.4, -0.2) is 15.3 Å². The maximum absolute atomic E-state index is 12.2. The van der Waals surface area contributed by atoms with E-state index in [2.05, 4.69) is 4.98 Å². The van der Waals surface area contributed by atoms with Gasteiger partial charge in [-0.1, -0.05) is 34.8 Å². The van der Waals surface area contributed by atoms with Crippen LogP contribution in [0.4, 0.5) is 0 Å². The fourth-order valence-electron chi connectivity index (χ4n) is 1.63. The van der Waals surface area contributed by atoms with Gasteiger partial charge in [-0.3, -0.25) is 9.59 Å². The van der Waals surface area contributed by atoms with Crippen molar-refractivity contribution in [2.24, 2.45) is 0 Å². The van der Waals surface area contributed by atoms with Crippen LogP contribution in [0.3, 0.4) is 0 Å². The Balaban J connectivity index is 2.87. The van der Waals surface area contributed by atoms with Crippen LogP contribution in [0.1, 0.15) is 17.3 Å². The van der Waals surface area contributed by atoms with Gasteiger partial charge in [0.15, 0.2) is 5.78 Å². The van der Waals surface area contributed by atoms with Crippen molar-refractivity contribution in [1.82, 2.24) is 9.55 Å². The molecular weight excluding hydrogens is 327 g/mol. The highest BCUT2D eigenvalue weighted by Crippen LogP contribution is 2.30. The highest BCUT2D eigenvalue weighted by Gasteiger charge is 2.16. The third-order valence-electron chi connectivity index (χ3n) is 2.59. The molecule has 0 atom stereocenters. The van der Waals surface area contributed by atoms with Crippen LogP contribution < -0.4 is 11.2 Å². The molecule has 104 valence electrons. The van der Waals surface area contributed by atoms with Crippen LogP contribution in [0.25, 0.3) is 5.69 Å². The van der Waals surface area contributed by atoms with E-state index in [1.807, 2.05) is 0 Å². The van der Waals surface area contributed by atoms with Crippen molar-refractivity contribution in [3.8, 4) is 5.69 Å². The third kappa shape index (κ3) is 2.52. The van der Waals surface area contributed by atoms with E-state index < -0.39 is 17.0 Å². The molecule has 8 heteroatoms. The average Bonchev–Trinajstić information content (AvgIpc) is 2.35. The first kappa shape index (κ1) is 14.8. The van der Waals surface area contributed by atoms with Gasteiger partial charge in [0.25, 0.3) is 5.56 Å². The molecule has 0 radical (unpaired) electrons. The summed E-state index contributed by atoms with van der Waals surface area (Å²) >= 11 is 17.6. The number of hydrogen-bond acceptors (Lipinski definition) is 3. The number of halogens is 3. The predicted octanol–water partition coefficient (Wildman–Crippen LogP) is 2.69. The smallest absolute Gasteiger partial charge is 0.313 e. The number of nitrogens with zero attached hydrogens (tertiary/aromatic N) is 1. The molecule has 0 aliphatic heterocycles. The molecule has 1 aromatic carbocycles. The van der Waals surface area contributed by atoms with Crippen molar-refractivity contribution in [1.29, 1.82) is 0 Å². The van der Waals surface area contributed by atoms with Crippen LogP contribution in [0.2, 0.25) is 15.1 Å². The number of benzene rings is 1. The summed E-state index contributed by atoms with van der Waals surface area (Å²) in [6.45, 7) is 1.22. The lowest BCUT2D eigenvalue weighted by Crippen LogP contribution is -2.36. The summed E-state index contributed by atoms with van der Waals surface area (Å²) in [5, 5.41) is 0.380. The molecule has 0 saturated carbocycles. The normalized spacial score (nSPS) is 10.6. The van der Waals surface area contributed by atoms with E-state index in [0.717, 1.165) is 10.8 Å². The number of H-pyrrole nitrogens is 1. The largest absolute Gasteiger partial charge is 0.333 e. The molecule has 0 unspecified atom stereocenters. The van der Waals surface area contributed by atoms with Crippen LogP contribution >= 0.6 is 34.8 Å². The number of aromatic nitrogens is 2. The summed E-state index contributed by atoms with van der Waals surface area (Å²) in [7, 11) is 0. The first-order chi connectivity index (χ1) is 9.32.